The van der Waals surface area contributed by atoms with E-state index in [1.165, 1.54) is 23.6 Å². The van der Waals surface area contributed by atoms with Crippen LogP contribution in [-0.2, 0) is 6.61 Å². The standard InChI is InChI=1S/C14H9N3O3S/c18-13(10-5-6-15-20-10)17-14-16-12-8-3-1-2-4-9(8)19-7-11(12)21-14/h1-6H,7H2,(H,16,17,18). The molecule has 2 aromatic heterocycles. The molecule has 0 fully saturated rings. The number of benzene rings is 1. The largest absolute Gasteiger partial charge is 0.487 e. The van der Waals surface area contributed by atoms with Crippen LogP contribution in [0.25, 0.3) is 11.3 Å². The molecule has 1 aromatic carbocycles. The number of carbonyl (C=O) groups is 1. The summed E-state index contributed by atoms with van der Waals surface area (Å²) in [6.45, 7) is 0.461. The molecule has 0 radical (unpaired) electrons. The summed E-state index contributed by atoms with van der Waals surface area (Å²) in [5, 5.41) is 6.73. The molecule has 0 atom stereocenters. The van der Waals surface area contributed by atoms with Crippen molar-refractivity contribution >= 4 is 22.4 Å². The molecule has 3 aromatic rings. The van der Waals surface area contributed by atoms with Crippen molar-refractivity contribution in [3.63, 3.8) is 0 Å². The number of aromatic nitrogens is 2. The van der Waals surface area contributed by atoms with Crippen molar-refractivity contribution in [3.05, 3.63) is 47.2 Å². The van der Waals surface area contributed by atoms with E-state index in [1.807, 2.05) is 24.3 Å². The van der Waals surface area contributed by atoms with Crippen molar-refractivity contribution in [1.82, 2.24) is 10.1 Å². The zero-order valence-electron chi connectivity index (χ0n) is 10.7. The lowest BCUT2D eigenvalue weighted by atomic mass is 10.1. The minimum absolute atomic E-state index is 0.153. The minimum Gasteiger partial charge on any atom is -0.487 e. The molecule has 6 nitrogen and oxygen atoms in total. The third kappa shape index (κ3) is 2.07. The first-order valence-corrected chi connectivity index (χ1v) is 7.07. The monoisotopic (exact) mass is 299 g/mol. The SMILES string of the molecule is O=C(Nc1nc2c(s1)COc1ccccc1-2)c1ccno1. The summed E-state index contributed by atoms with van der Waals surface area (Å²) in [6, 6.07) is 9.22. The van der Waals surface area contributed by atoms with Crippen molar-refractivity contribution < 1.29 is 14.1 Å². The van der Waals surface area contributed by atoms with Crippen LogP contribution in [0, 0.1) is 0 Å². The van der Waals surface area contributed by atoms with Gasteiger partial charge in [-0.1, -0.05) is 28.6 Å². The molecular weight excluding hydrogens is 290 g/mol. The van der Waals surface area contributed by atoms with E-state index in [2.05, 4.69) is 15.5 Å². The number of para-hydroxylation sites is 1. The number of nitrogens with zero attached hydrogens (tertiary/aromatic N) is 2. The fourth-order valence-corrected chi connectivity index (χ4v) is 3.02. The van der Waals surface area contributed by atoms with Crippen LogP contribution < -0.4 is 10.1 Å². The van der Waals surface area contributed by atoms with E-state index in [1.54, 1.807) is 0 Å². The van der Waals surface area contributed by atoms with Crippen LogP contribution in [0.2, 0.25) is 0 Å². The maximum Gasteiger partial charge on any atom is 0.296 e. The van der Waals surface area contributed by atoms with E-state index in [0.717, 1.165) is 21.9 Å². The number of anilines is 1. The Hall–Kier alpha value is -2.67. The highest BCUT2D eigenvalue weighted by Gasteiger charge is 2.22. The normalized spacial score (nSPS) is 12.2. The first kappa shape index (κ1) is 12.1. The van der Waals surface area contributed by atoms with Gasteiger partial charge in [-0.25, -0.2) is 4.98 Å². The van der Waals surface area contributed by atoms with Crippen LogP contribution in [0.1, 0.15) is 15.4 Å². The average molecular weight is 299 g/mol. The molecule has 4 rings (SSSR count). The third-order valence-corrected chi connectivity index (χ3v) is 4.02. The second kappa shape index (κ2) is 4.71. The van der Waals surface area contributed by atoms with Gasteiger partial charge in [0.1, 0.15) is 12.4 Å². The highest BCUT2D eigenvalue weighted by atomic mass is 32.1. The predicted molar refractivity (Wildman–Crippen MR) is 76.3 cm³/mol. The molecule has 0 spiro atoms. The van der Waals surface area contributed by atoms with Gasteiger partial charge in [0.15, 0.2) is 5.13 Å². The Bertz CT molecular complexity index is 811. The number of hydrogen-bond acceptors (Lipinski definition) is 6. The van der Waals surface area contributed by atoms with Gasteiger partial charge in [0.2, 0.25) is 5.76 Å². The van der Waals surface area contributed by atoms with E-state index in [9.17, 15) is 4.79 Å². The molecule has 0 bridgehead atoms. The van der Waals surface area contributed by atoms with Crippen molar-refractivity contribution in [1.29, 1.82) is 0 Å². The highest BCUT2D eigenvalue weighted by molar-refractivity contribution is 7.16. The van der Waals surface area contributed by atoms with Gasteiger partial charge in [0.05, 0.1) is 16.8 Å². The molecule has 1 N–H and O–H groups in total. The fraction of sp³-hybridized carbons (Fsp3) is 0.0714. The van der Waals surface area contributed by atoms with E-state index < -0.39 is 0 Å². The molecule has 104 valence electrons. The summed E-state index contributed by atoms with van der Waals surface area (Å²) < 4.78 is 10.5. The van der Waals surface area contributed by atoms with Gasteiger partial charge in [-0.2, -0.15) is 0 Å². The summed E-state index contributed by atoms with van der Waals surface area (Å²) in [7, 11) is 0. The van der Waals surface area contributed by atoms with Crippen LogP contribution in [-0.4, -0.2) is 16.0 Å². The second-order valence-electron chi connectivity index (χ2n) is 4.41. The Morgan fingerprint density at radius 2 is 2.19 bits per heavy atom. The molecule has 3 heterocycles. The van der Waals surface area contributed by atoms with Crippen molar-refractivity contribution in [2.45, 2.75) is 6.61 Å². The molecule has 1 aliphatic heterocycles. The van der Waals surface area contributed by atoms with Crippen LogP contribution in [0.15, 0.2) is 41.1 Å². The van der Waals surface area contributed by atoms with Gasteiger partial charge in [-0.15, -0.1) is 0 Å². The van der Waals surface area contributed by atoms with Gasteiger partial charge < -0.3 is 9.26 Å². The van der Waals surface area contributed by atoms with Crippen molar-refractivity contribution in [2.75, 3.05) is 5.32 Å². The predicted octanol–water partition coefficient (Wildman–Crippen LogP) is 2.94. The first-order chi connectivity index (χ1) is 10.3. The summed E-state index contributed by atoms with van der Waals surface area (Å²) in [4.78, 5) is 17.4. The zero-order valence-corrected chi connectivity index (χ0v) is 11.5. The van der Waals surface area contributed by atoms with Gasteiger partial charge in [0.25, 0.3) is 5.91 Å². The molecule has 0 aliphatic carbocycles. The lowest BCUT2D eigenvalue weighted by molar-refractivity contribution is 0.0988. The van der Waals surface area contributed by atoms with E-state index in [4.69, 9.17) is 9.26 Å². The topological polar surface area (TPSA) is 77.2 Å². The minimum atomic E-state index is -0.368. The number of carbonyl (C=O) groups excluding carboxylic acids is 1. The Kier molecular flexibility index (Phi) is 2.71. The molecular formula is C14H9N3O3S. The number of amides is 1. The maximum absolute atomic E-state index is 11.9. The van der Waals surface area contributed by atoms with E-state index >= 15 is 0 Å². The van der Waals surface area contributed by atoms with Crippen molar-refractivity contribution in [2.24, 2.45) is 0 Å². The molecule has 1 amide bonds. The molecule has 1 aliphatic rings. The first-order valence-electron chi connectivity index (χ1n) is 6.25. The Labute approximate surface area is 123 Å². The lowest BCUT2D eigenvalue weighted by Crippen LogP contribution is -2.10. The second-order valence-corrected chi connectivity index (χ2v) is 5.49. The molecule has 21 heavy (non-hydrogen) atoms. The molecule has 0 unspecified atom stereocenters. The van der Waals surface area contributed by atoms with Crippen LogP contribution in [0.4, 0.5) is 5.13 Å². The summed E-state index contributed by atoms with van der Waals surface area (Å²) in [6.07, 6.45) is 1.42. The summed E-state index contributed by atoms with van der Waals surface area (Å²) >= 11 is 1.39. The molecule has 0 saturated carbocycles. The Morgan fingerprint density at radius 3 is 3.05 bits per heavy atom. The number of rotatable bonds is 2. The highest BCUT2D eigenvalue weighted by Crippen LogP contribution is 2.40. The van der Waals surface area contributed by atoms with Crippen LogP contribution >= 0.6 is 11.3 Å². The van der Waals surface area contributed by atoms with Crippen LogP contribution in [0.5, 0.6) is 5.75 Å². The quantitative estimate of drug-likeness (QED) is 0.787. The Morgan fingerprint density at radius 1 is 1.29 bits per heavy atom. The summed E-state index contributed by atoms with van der Waals surface area (Å²) in [5.41, 5.74) is 1.80. The average Bonchev–Trinajstić information content (AvgIpc) is 3.16. The zero-order chi connectivity index (χ0) is 14.2. The number of thiazole rings is 1. The third-order valence-electron chi connectivity index (χ3n) is 3.08. The summed E-state index contributed by atoms with van der Waals surface area (Å²) in [5.74, 6) is 0.594. The van der Waals surface area contributed by atoms with Crippen LogP contribution in [0.3, 0.4) is 0 Å². The van der Waals surface area contributed by atoms with E-state index in [0.29, 0.717) is 11.7 Å². The number of ether oxygens (including phenoxy) is 1. The Balaban J connectivity index is 1.66. The van der Waals surface area contributed by atoms with Gasteiger partial charge in [0, 0.05) is 11.6 Å². The van der Waals surface area contributed by atoms with Gasteiger partial charge >= 0.3 is 0 Å². The van der Waals surface area contributed by atoms with E-state index in [-0.39, 0.29) is 11.7 Å². The smallest absolute Gasteiger partial charge is 0.296 e. The fourth-order valence-electron chi connectivity index (χ4n) is 2.14. The molecule has 0 saturated heterocycles. The number of fused-ring (bicyclic) bond motifs is 3. The number of nitrogens with one attached hydrogen (secondary N) is 1. The number of hydrogen-bond donors (Lipinski definition) is 1. The molecule has 7 heteroatoms. The van der Waals surface area contributed by atoms with Gasteiger partial charge in [-0.05, 0) is 12.1 Å². The van der Waals surface area contributed by atoms with Crippen molar-refractivity contribution in [3.8, 4) is 17.0 Å². The maximum atomic E-state index is 11.9. The van der Waals surface area contributed by atoms with Gasteiger partial charge in [-0.3, -0.25) is 10.1 Å². The lowest BCUT2D eigenvalue weighted by Gasteiger charge is -2.15.